The molecule has 390 valence electrons. The molecular weight excluding hydrogens is 1080 g/mol. The smallest absolute Gasteiger partial charge is 0.264 e. The monoisotopic (exact) mass is 1130 g/mol. The van der Waals surface area contributed by atoms with Crippen molar-refractivity contribution in [1.82, 2.24) is 29.1 Å². The number of alkyl halides is 6. The van der Waals surface area contributed by atoms with Gasteiger partial charge < -0.3 is 23.6 Å². The molecule has 6 aromatic heterocycles. The van der Waals surface area contributed by atoms with Crippen LogP contribution >= 0.6 is 46.4 Å². The Labute approximate surface area is 447 Å². The van der Waals surface area contributed by atoms with E-state index in [9.17, 15) is 26.3 Å². The number of hydrogen-bond donors (Lipinski definition) is 1. The lowest BCUT2D eigenvalue weighted by Crippen LogP contribution is -2.22. The number of fused-ring (bicyclic) bond motifs is 3. The van der Waals surface area contributed by atoms with E-state index in [4.69, 9.17) is 55.9 Å². The quantitative estimate of drug-likeness (QED) is 0.0451. The molecule has 0 unspecified atom stereocenters. The maximum atomic E-state index is 13.6. The average molecular weight is 1130 g/mol. The van der Waals surface area contributed by atoms with Crippen molar-refractivity contribution < 1.29 is 35.8 Å². The highest BCUT2D eigenvalue weighted by Gasteiger charge is 2.24. The van der Waals surface area contributed by atoms with E-state index in [1.807, 2.05) is 10.6 Å². The van der Waals surface area contributed by atoms with Gasteiger partial charge in [0, 0.05) is 103 Å². The maximum Gasteiger partial charge on any atom is 0.264 e. The van der Waals surface area contributed by atoms with E-state index >= 15 is 0 Å². The molecule has 0 radical (unpaired) electrons. The standard InChI is InChI=1S/C20H22Cl2F2N2OSi.C20H23ClF2N2OSi.C14H9ClF2N2/c1-28(2,3)9-8-27-12-26-16-10-17(21)25-11-15(16)18(22)19(26)13-6-4-5-7-14(13)20(23)24;1-27(2,3)9-8-26-13-25-17-11-19(21)24-12-14(17)10-18(25)15-6-4-5-7-16(15)20(22)23;15-13-6-11-8(7-18-13)5-12(19-11)9-3-1-2-4-10(9)14(16)17/h4-7,10-11,20H,8-9,12H2,1-3H3;4-7,10-12,20H,8-9,13H2,1-3H3;1-7,14,19H. The number of aromatic amines is 1. The van der Waals surface area contributed by atoms with Gasteiger partial charge in [-0.3, -0.25) is 0 Å². The lowest BCUT2D eigenvalue weighted by molar-refractivity contribution is 0.0910. The van der Waals surface area contributed by atoms with Crippen LogP contribution in [0.15, 0.2) is 122 Å². The predicted molar refractivity (Wildman–Crippen MR) is 295 cm³/mol. The molecular formula is C54H54Cl4F6N6O2Si2. The van der Waals surface area contributed by atoms with Crippen molar-refractivity contribution in [3.8, 4) is 33.8 Å². The van der Waals surface area contributed by atoms with Crippen LogP contribution in [0.3, 0.4) is 0 Å². The molecule has 0 aliphatic carbocycles. The van der Waals surface area contributed by atoms with E-state index in [0.29, 0.717) is 78.4 Å². The first-order valence-corrected chi connectivity index (χ1v) is 32.4. The van der Waals surface area contributed by atoms with Gasteiger partial charge in [0.05, 0.1) is 33.0 Å². The van der Waals surface area contributed by atoms with Crippen LogP contribution in [-0.2, 0) is 22.9 Å². The number of benzene rings is 3. The van der Waals surface area contributed by atoms with E-state index in [1.165, 1.54) is 18.2 Å². The second-order valence-electron chi connectivity index (χ2n) is 19.8. The summed E-state index contributed by atoms with van der Waals surface area (Å²) in [6.07, 6.45) is -2.85. The van der Waals surface area contributed by atoms with Crippen molar-refractivity contribution in [1.29, 1.82) is 0 Å². The van der Waals surface area contributed by atoms with E-state index in [-0.39, 0.29) is 30.2 Å². The summed E-state index contributed by atoms with van der Waals surface area (Å²) in [5, 5.41) is 3.72. The van der Waals surface area contributed by atoms with Crippen molar-refractivity contribution >= 4 is 95.3 Å². The third kappa shape index (κ3) is 14.2. The first-order valence-electron chi connectivity index (χ1n) is 23.5. The normalized spacial score (nSPS) is 12.0. The molecule has 8 nitrogen and oxygen atoms in total. The van der Waals surface area contributed by atoms with Gasteiger partial charge in [-0.05, 0) is 42.4 Å². The molecule has 74 heavy (non-hydrogen) atoms. The van der Waals surface area contributed by atoms with Crippen molar-refractivity contribution in [2.75, 3.05) is 13.2 Å². The summed E-state index contributed by atoms with van der Waals surface area (Å²) in [6.45, 7) is 15.4. The largest absolute Gasteiger partial charge is 0.361 e. The molecule has 0 bridgehead atoms. The van der Waals surface area contributed by atoms with Crippen LogP contribution < -0.4 is 0 Å². The molecule has 20 heteroatoms. The fourth-order valence-electron chi connectivity index (χ4n) is 8.04. The minimum atomic E-state index is -2.62. The highest BCUT2D eigenvalue weighted by Crippen LogP contribution is 2.42. The molecule has 0 spiro atoms. The zero-order chi connectivity index (χ0) is 53.5. The third-order valence-corrected chi connectivity index (χ3v) is 16.3. The Morgan fingerprint density at radius 1 is 0.527 bits per heavy atom. The van der Waals surface area contributed by atoms with Crippen molar-refractivity contribution in [3.05, 3.63) is 159 Å². The van der Waals surface area contributed by atoms with Crippen LogP contribution in [0.4, 0.5) is 26.3 Å². The van der Waals surface area contributed by atoms with Gasteiger partial charge in [0.15, 0.2) is 0 Å². The lowest BCUT2D eigenvalue weighted by Gasteiger charge is -2.18. The average Bonchev–Trinajstić information content (AvgIpc) is 4.02. The number of ether oxygens (including phenoxy) is 2. The fraction of sp³-hybridized carbons (Fsp3) is 0.278. The van der Waals surface area contributed by atoms with Gasteiger partial charge in [0.1, 0.15) is 28.9 Å². The number of pyridine rings is 3. The summed E-state index contributed by atoms with van der Waals surface area (Å²) >= 11 is 24.6. The van der Waals surface area contributed by atoms with Gasteiger partial charge in [0.2, 0.25) is 0 Å². The van der Waals surface area contributed by atoms with E-state index in [2.05, 4.69) is 59.2 Å². The SMILES string of the molecule is C[Si](C)(C)CCOCn1c(-c2ccccc2C(F)F)c(Cl)c2cnc(Cl)cc21.C[Si](C)(C)CCOCn1c(-c2ccccc2C(F)F)cc2cnc(Cl)cc21.FC(F)c1ccccc1-c1cc2cnc(Cl)cc2[nH]1. The number of nitrogens with zero attached hydrogens (tertiary/aromatic N) is 5. The van der Waals surface area contributed by atoms with E-state index in [0.717, 1.165) is 33.9 Å². The number of rotatable bonds is 16. The zero-order valence-corrected chi connectivity index (χ0v) is 46.4. The van der Waals surface area contributed by atoms with Gasteiger partial charge in [-0.1, -0.05) is 158 Å². The topological polar surface area (TPSA) is 82.8 Å². The Kier molecular flexibility index (Phi) is 18.8. The number of aromatic nitrogens is 6. The van der Waals surface area contributed by atoms with Crippen LogP contribution in [0.25, 0.3) is 66.5 Å². The molecule has 0 aliphatic heterocycles. The summed E-state index contributed by atoms with van der Waals surface area (Å²) in [7, 11) is -2.45. The Morgan fingerprint density at radius 2 is 0.986 bits per heavy atom. The van der Waals surface area contributed by atoms with Gasteiger partial charge in [-0.25, -0.2) is 41.3 Å². The van der Waals surface area contributed by atoms with Crippen LogP contribution in [0, 0.1) is 0 Å². The molecule has 0 amide bonds. The molecule has 0 saturated heterocycles. The first kappa shape index (κ1) is 56.5. The minimum Gasteiger partial charge on any atom is -0.361 e. The number of H-pyrrole nitrogens is 1. The van der Waals surface area contributed by atoms with Crippen LogP contribution in [0.2, 0.25) is 71.9 Å². The number of nitrogens with one attached hydrogen (secondary N) is 1. The summed E-state index contributed by atoms with van der Waals surface area (Å²) in [5.74, 6) is 0. The highest BCUT2D eigenvalue weighted by molar-refractivity contribution is 6.76. The second kappa shape index (κ2) is 24.7. The van der Waals surface area contributed by atoms with Crippen molar-refractivity contribution in [2.45, 2.75) is 84.1 Å². The molecule has 0 fully saturated rings. The zero-order valence-electron chi connectivity index (χ0n) is 41.4. The van der Waals surface area contributed by atoms with Crippen LogP contribution in [-0.4, -0.2) is 58.4 Å². The summed E-state index contributed by atoms with van der Waals surface area (Å²) in [6, 6.07) is 30.2. The van der Waals surface area contributed by atoms with Crippen molar-refractivity contribution in [3.63, 3.8) is 0 Å². The summed E-state index contributed by atoms with van der Waals surface area (Å²) in [4.78, 5) is 15.3. The molecule has 6 heterocycles. The maximum absolute atomic E-state index is 13.6. The molecule has 9 aromatic rings. The summed E-state index contributed by atoms with van der Waals surface area (Å²) in [5.41, 5.74) is 5.41. The van der Waals surface area contributed by atoms with Crippen molar-refractivity contribution in [2.24, 2.45) is 0 Å². The highest BCUT2D eigenvalue weighted by atomic mass is 35.5. The Bertz CT molecular complexity index is 3360. The predicted octanol–water partition coefficient (Wildman–Crippen LogP) is 18.7. The molecule has 0 atom stereocenters. The molecule has 3 aromatic carbocycles. The number of hydrogen-bond acceptors (Lipinski definition) is 5. The van der Waals surface area contributed by atoms with Gasteiger partial charge >= 0.3 is 0 Å². The molecule has 1 N–H and O–H groups in total. The van der Waals surface area contributed by atoms with Gasteiger partial charge in [-0.2, -0.15) is 0 Å². The third-order valence-electron chi connectivity index (χ3n) is 11.9. The van der Waals surface area contributed by atoms with Gasteiger partial charge in [0.25, 0.3) is 19.3 Å². The summed E-state index contributed by atoms with van der Waals surface area (Å²) < 4.78 is 95.8. The van der Waals surface area contributed by atoms with E-state index in [1.54, 1.807) is 102 Å². The minimum absolute atomic E-state index is 0.00251. The van der Waals surface area contributed by atoms with Crippen LogP contribution in [0.1, 0.15) is 36.0 Å². The fourth-order valence-corrected chi connectivity index (χ4v) is 10.4. The molecule has 9 rings (SSSR count). The molecule has 0 saturated carbocycles. The Morgan fingerprint density at radius 3 is 1.55 bits per heavy atom. The second-order valence-corrected chi connectivity index (χ2v) is 32.6. The van der Waals surface area contributed by atoms with E-state index < -0.39 is 35.4 Å². The van der Waals surface area contributed by atoms with Crippen LogP contribution in [0.5, 0.6) is 0 Å². The van der Waals surface area contributed by atoms with Gasteiger partial charge in [-0.15, -0.1) is 0 Å². The Balaban J connectivity index is 0.000000165. The Hall–Kier alpha value is -5.18. The lowest BCUT2D eigenvalue weighted by atomic mass is 10.0. The first-order chi connectivity index (χ1) is 35.1. The number of halogens is 10. The molecule has 0 aliphatic rings.